The molecule has 1 heterocycles. The molecule has 20 heavy (non-hydrogen) atoms. The SMILES string of the molecule is COc1cc(N)c(C(=O)Nc2nnc(C)o2)cc1OC. The number of ether oxygens (including phenoxy) is 2. The molecule has 0 saturated carbocycles. The van der Waals surface area contributed by atoms with Crippen molar-refractivity contribution in [2.24, 2.45) is 0 Å². The normalized spacial score (nSPS) is 10.2. The van der Waals surface area contributed by atoms with Crippen LogP contribution in [0.5, 0.6) is 11.5 Å². The first-order valence-electron chi connectivity index (χ1n) is 5.68. The lowest BCUT2D eigenvalue weighted by Gasteiger charge is -2.11. The number of hydrogen-bond acceptors (Lipinski definition) is 7. The van der Waals surface area contributed by atoms with Gasteiger partial charge in [0.2, 0.25) is 5.89 Å². The number of rotatable bonds is 4. The molecule has 0 saturated heterocycles. The lowest BCUT2D eigenvalue weighted by atomic mass is 10.1. The minimum absolute atomic E-state index is 0.00156. The number of anilines is 2. The zero-order valence-electron chi connectivity index (χ0n) is 11.3. The minimum Gasteiger partial charge on any atom is -0.493 e. The van der Waals surface area contributed by atoms with Crippen molar-refractivity contribution in [3.8, 4) is 11.5 Å². The number of carbonyl (C=O) groups is 1. The van der Waals surface area contributed by atoms with Crippen LogP contribution in [0.3, 0.4) is 0 Å². The van der Waals surface area contributed by atoms with Crippen LogP contribution in [0.1, 0.15) is 16.2 Å². The fourth-order valence-electron chi connectivity index (χ4n) is 1.60. The maximum Gasteiger partial charge on any atom is 0.322 e. The number of benzene rings is 1. The summed E-state index contributed by atoms with van der Waals surface area (Å²) in [5, 5.41) is 9.73. The van der Waals surface area contributed by atoms with Crippen molar-refractivity contribution in [3.05, 3.63) is 23.6 Å². The molecule has 8 nitrogen and oxygen atoms in total. The fourth-order valence-corrected chi connectivity index (χ4v) is 1.60. The molecule has 0 spiro atoms. The zero-order valence-corrected chi connectivity index (χ0v) is 11.3. The van der Waals surface area contributed by atoms with E-state index >= 15 is 0 Å². The largest absolute Gasteiger partial charge is 0.493 e. The van der Waals surface area contributed by atoms with Gasteiger partial charge < -0.3 is 19.6 Å². The van der Waals surface area contributed by atoms with Gasteiger partial charge in [-0.3, -0.25) is 10.1 Å². The maximum atomic E-state index is 12.1. The van der Waals surface area contributed by atoms with E-state index in [1.165, 1.54) is 26.4 Å². The lowest BCUT2D eigenvalue weighted by Crippen LogP contribution is -2.14. The zero-order chi connectivity index (χ0) is 14.7. The van der Waals surface area contributed by atoms with E-state index in [4.69, 9.17) is 19.6 Å². The Bertz CT molecular complexity index is 638. The first kappa shape index (κ1) is 13.7. The van der Waals surface area contributed by atoms with Crippen LogP contribution in [0.15, 0.2) is 16.5 Å². The Kier molecular flexibility index (Phi) is 3.74. The van der Waals surface area contributed by atoms with Crippen molar-refractivity contribution in [2.75, 3.05) is 25.3 Å². The van der Waals surface area contributed by atoms with Crippen LogP contribution >= 0.6 is 0 Å². The van der Waals surface area contributed by atoms with Gasteiger partial charge in [0.05, 0.1) is 19.8 Å². The summed E-state index contributed by atoms with van der Waals surface area (Å²) in [6, 6.07) is 2.99. The molecule has 1 aromatic carbocycles. The van der Waals surface area contributed by atoms with E-state index in [2.05, 4.69) is 15.5 Å². The predicted octanol–water partition coefficient (Wildman–Crippen LogP) is 1.23. The first-order chi connectivity index (χ1) is 9.55. The summed E-state index contributed by atoms with van der Waals surface area (Å²) in [6.07, 6.45) is 0. The van der Waals surface area contributed by atoms with Gasteiger partial charge in [-0.2, -0.15) is 0 Å². The average Bonchev–Trinajstić information content (AvgIpc) is 2.83. The van der Waals surface area contributed by atoms with E-state index in [-0.39, 0.29) is 17.3 Å². The van der Waals surface area contributed by atoms with Gasteiger partial charge in [-0.15, -0.1) is 5.10 Å². The Morgan fingerprint density at radius 3 is 2.45 bits per heavy atom. The minimum atomic E-state index is -0.480. The van der Waals surface area contributed by atoms with E-state index < -0.39 is 5.91 Å². The Labute approximate surface area is 114 Å². The van der Waals surface area contributed by atoms with Crippen molar-refractivity contribution in [2.45, 2.75) is 6.92 Å². The molecule has 0 fully saturated rings. The van der Waals surface area contributed by atoms with Gasteiger partial charge in [0.1, 0.15) is 0 Å². The van der Waals surface area contributed by atoms with Crippen molar-refractivity contribution in [3.63, 3.8) is 0 Å². The molecule has 2 aromatic rings. The molecule has 0 radical (unpaired) electrons. The summed E-state index contributed by atoms with van der Waals surface area (Å²) >= 11 is 0. The summed E-state index contributed by atoms with van der Waals surface area (Å²) < 4.78 is 15.3. The monoisotopic (exact) mass is 278 g/mol. The lowest BCUT2D eigenvalue weighted by molar-refractivity contribution is 0.102. The molecule has 0 unspecified atom stereocenters. The van der Waals surface area contributed by atoms with Gasteiger partial charge in [0.25, 0.3) is 5.91 Å². The highest BCUT2D eigenvalue weighted by atomic mass is 16.5. The van der Waals surface area contributed by atoms with Gasteiger partial charge >= 0.3 is 6.01 Å². The van der Waals surface area contributed by atoms with Crippen molar-refractivity contribution in [1.29, 1.82) is 0 Å². The van der Waals surface area contributed by atoms with E-state index in [1.807, 2.05) is 0 Å². The van der Waals surface area contributed by atoms with Crippen molar-refractivity contribution < 1.29 is 18.7 Å². The molecule has 1 aromatic heterocycles. The highest BCUT2D eigenvalue weighted by Gasteiger charge is 2.17. The third-order valence-electron chi connectivity index (χ3n) is 2.55. The number of amides is 1. The van der Waals surface area contributed by atoms with E-state index in [0.717, 1.165) is 0 Å². The number of nitrogens with one attached hydrogen (secondary N) is 1. The van der Waals surface area contributed by atoms with Gasteiger partial charge in [0, 0.05) is 18.7 Å². The van der Waals surface area contributed by atoms with Crippen LogP contribution in [-0.2, 0) is 0 Å². The molecule has 3 N–H and O–H groups in total. The Morgan fingerprint density at radius 2 is 1.90 bits per heavy atom. The summed E-state index contributed by atoms with van der Waals surface area (Å²) in [7, 11) is 2.95. The van der Waals surface area contributed by atoms with E-state index in [1.54, 1.807) is 6.92 Å². The van der Waals surface area contributed by atoms with Crippen LogP contribution in [0.2, 0.25) is 0 Å². The molecule has 106 valence electrons. The molecule has 1 amide bonds. The van der Waals surface area contributed by atoms with E-state index in [9.17, 15) is 4.79 Å². The third kappa shape index (κ3) is 2.63. The van der Waals surface area contributed by atoms with E-state index in [0.29, 0.717) is 17.4 Å². The molecular weight excluding hydrogens is 264 g/mol. The Hall–Kier alpha value is -2.77. The number of nitrogens with two attached hydrogens (primary N) is 1. The molecule has 8 heteroatoms. The number of aryl methyl sites for hydroxylation is 1. The number of hydrogen-bond donors (Lipinski definition) is 2. The molecular formula is C12H14N4O4. The second kappa shape index (κ2) is 5.47. The second-order valence-corrected chi connectivity index (χ2v) is 3.87. The third-order valence-corrected chi connectivity index (χ3v) is 2.55. The standard InChI is InChI=1S/C12H14N4O4/c1-6-15-16-12(20-6)14-11(17)7-4-9(18-2)10(19-3)5-8(7)13/h4-5H,13H2,1-3H3,(H,14,16,17). The maximum absolute atomic E-state index is 12.1. The number of aromatic nitrogens is 2. The summed E-state index contributed by atoms with van der Waals surface area (Å²) in [5.41, 5.74) is 6.28. The molecule has 0 aliphatic rings. The van der Waals surface area contributed by atoms with Crippen molar-refractivity contribution >= 4 is 17.6 Å². The highest BCUT2D eigenvalue weighted by molar-refractivity contribution is 6.07. The topological polar surface area (TPSA) is 112 Å². The Balaban J connectivity index is 2.29. The smallest absolute Gasteiger partial charge is 0.322 e. The number of methoxy groups -OCH3 is 2. The molecule has 0 atom stereocenters. The molecule has 2 rings (SSSR count). The van der Waals surface area contributed by atoms with Crippen LogP contribution < -0.4 is 20.5 Å². The molecule has 0 aliphatic carbocycles. The Morgan fingerprint density at radius 1 is 1.25 bits per heavy atom. The molecule has 0 bridgehead atoms. The second-order valence-electron chi connectivity index (χ2n) is 3.87. The predicted molar refractivity (Wildman–Crippen MR) is 70.9 cm³/mol. The quantitative estimate of drug-likeness (QED) is 0.808. The van der Waals surface area contributed by atoms with Crippen LogP contribution in [0.4, 0.5) is 11.7 Å². The number of nitrogen functional groups attached to an aromatic ring is 1. The number of carbonyl (C=O) groups excluding carboxylic acids is 1. The fraction of sp³-hybridized carbons (Fsp3) is 0.250. The summed E-state index contributed by atoms with van der Waals surface area (Å²) in [4.78, 5) is 12.1. The van der Waals surface area contributed by atoms with Crippen LogP contribution in [0, 0.1) is 6.92 Å². The van der Waals surface area contributed by atoms with Gasteiger partial charge in [-0.1, -0.05) is 5.10 Å². The molecule has 0 aliphatic heterocycles. The van der Waals surface area contributed by atoms with Crippen LogP contribution in [-0.4, -0.2) is 30.3 Å². The van der Waals surface area contributed by atoms with Gasteiger partial charge in [-0.25, -0.2) is 0 Å². The first-order valence-corrected chi connectivity index (χ1v) is 5.68. The average molecular weight is 278 g/mol. The van der Waals surface area contributed by atoms with Gasteiger partial charge in [-0.05, 0) is 6.07 Å². The van der Waals surface area contributed by atoms with Crippen LogP contribution in [0.25, 0.3) is 0 Å². The number of nitrogens with zero attached hydrogens (tertiary/aromatic N) is 2. The summed E-state index contributed by atoms with van der Waals surface area (Å²) in [5.74, 6) is 0.705. The summed E-state index contributed by atoms with van der Waals surface area (Å²) in [6.45, 7) is 1.62. The van der Waals surface area contributed by atoms with Crippen molar-refractivity contribution in [1.82, 2.24) is 10.2 Å². The van der Waals surface area contributed by atoms with Gasteiger partial charge in [0.15, 0.2) is 11.5 Å². The highest BCUT2D eigenvalue weighted by Crippen LogP contribution is 2.32.